The minimum Gasteiger partial charge on any atom is -0.496 e. The summed E-state index contributed by atoms with van der Waals surface area (Å²) in [5.41, 5.74) is -0.683. The number of anilines is 1. The van der Waals surface area contributed by atoms with Crippen LogP contribution < -0.4 is 9.46 Å². The Balaban J connectivity index is 2.40. The van der Waals surface area contributed by atoms with Crippen molar-refractivity contribution in [3.05, 3.63) is 52.3 Å². The van der Waals surface area contributed by atoms with Crippen molar-refractivity contribution in [2.45, 2.75) is 4.90 Å². The molecule has 2 N–H and O–H groups in total. The van der Waals surface area contributed by atoms with E-state index in [1.54, 1.807) is 0 Å². The minimum absolute atomic E-state index is 0.134. The molecule has 23 heavy (non-hydrogen) atoms. The Morgan fingerprint density at radius 2 is 1.96 bits per heavy atom. The van der Waals surface area contributed by atoms with Crippen LogP contribution in [0.4, 0.5) is 10.1 Å². The average molecular weight is 404 g/mol. The van der Waals surface area contributed by atoms with Gasteiger partial charge in [-0.25, -0.2) is 17.6 Å². The van der Waals surface area contributed by atoms with Crippen molar-refractivity contribution >= 4 is 37.6 Å². The molecule has 0 fully saturated rings. The van der Waals surface area contributed by atoms with Gasteiger partial charge >= 0.3 is 5.97 Å². The summed E-state index contributed by atoms with van der Waals surface area (Å²) < 4.78 is 45.8. The molecule has 0 heterocycles. The van der Waals surface area contributed by atoms with E-state index >= 15 is 0 Å². The molecule has 0 aliphatic heterocycles. The molecule has 0 spiro atoms. The van der Waals surface area contributed by atoms with Gasteiger partial charge in [-0.3, -0.25) is 4.72 Å². The van der Waals surface area contributed by atoms with Crippen LogP contribution in [0.15, 0.2) is 45.8 Å². The number of benzene rings is 2. The van der Waals surface area contributed by atoms with Crippen LogP contribution in [0.25, 0.3) is 0 Å². The maximum absolute atomic E-state index is 13.7. The number of methoxy groups -OCH3 is 1. The normalized spacial score (nSPS) is 11.1. The number of sulfonamides is 1. The first-order valence-corrected chi connectivity index (χ1v) is 8.41. The summed E-state index contributed by atoms with van der Waals surface area (Å²) in [6, 6.07) is 6.84. The Labute approximate surface area is 140 Å². The van der Waals surface area contributed by atoms with Gasteiger partial charge in [-0.2, -0.15) is 0 Å². The molecule has 0 unspecified atom stereocenters. The lowest BCUT2D eigenvalue weighted by molar-refractivity contribution is 0.0697. The maximum Gasteiger partial charge on any atom is 0.335 e. The summed E-state index contributed by atoms with van der Waals surface area (Å²) in [5, 5.41) is 8.89. The van der Waals surface area contributed by atoms with Crippen LogP contribution in [0.1, 0.15) is 10.4 Å². The predicted molar refractivity (Wildman–Crippen MR) is 84.9 cm³/mol. The molecule has 0 atom stereocenters. The lowest BCUT2D eigenvalue weighted by Gasteiger charge is -2.11. The summed E-state index contributed by atoms with van der Waals surface area (Å²) in [6.45, 7) is 0. The summed E-state index contributed by atoms with van der Waals surface area (Å²) in [5.74, 6) is -1.74. The zero-order valence-electron chi connectivity index (χ0n) is 11.7. The second-order valence-corrected chi connectivity index (χ2v) is 6.94. The number of carboxylic acids is 1. The molecular formula is C14H11BrFNO5S. The Bertz CT molecular complexity index is 869. The van der Waals surface area contributed by atoms with E-state index in [1.807, 2.05) is 4.72 Å². The summed E-state index contributed by atoms with van der Waals surface area (Å²) in [6.07, 6.45) is 0. The molecule has 0 aliphatic carbocycles. The molecule has 0 bridgehead atoms. The third kappa shape index (κ3) is 3.80. The summed E-state index contributed by atoms with van der Waals surface area (Å²) >= 11 is 3.16. The second-order valence-electron chi connectivity index (χ2n) is 4.40. The van der Waals surface area contributed by atoms with Crippen molar-refractivity contribution in [2.75, 3.05) is 11.8 Å². The van der Waals surface area contributed by atoms with Crippen LogP contribution in [0, 0.1) is 5.82 Å². The fourth-order valence-corrected chi connectivity index (χ4v) is 3.53. The highest BCUT2D eigenvalue weighted by Gasteiger charge is 2.19. The average Bonchev–Trinajstić information content (AvgIpc) is 2.49. The Hall–Kier alpha value is -2.13. The van der Waals surface area contributed by atoms with Gasteiger partial charge in [-0.15, -0.1) is 0 Å². The van der Waals surface area contributed by atoms with Crippen molar-refractivity contribution in [1.82, 2.24) is 0 Å². The molecule has 2 aromatic carbocycles. The molecule has 122 valence electrons. The van der Waals surface area contributed by atoms with Gasteiger partial charge in [0, 0.05) is 0 Å². The molecule has 2 aromatic rings. The van der Waals surface area contributed by atoms with E-state index in [0.29, 0.717) is 10.2 Å². The van der Waals surface area contributed by atoms with Gasteiger partial charge in [-0.1, -0.05) is 0 Å². The highest BCUT2D eigenvalue weighted by Crippen LogP contribution is 2.28. The maximum atomic E-state index is 13.7. The van der Waals surface area contributed by atoms with Gasteiger partial charge < -0.3 is 9.84 Å². The lowest BCUT2D eigenvalue weighted by Crippen LogP contribution is -2.14. The molecule has 0 amide bonds. The molecule has 0 saturated heterocycles. The molecule has 2 rings (SSSR count). The van der Waals surface area contributed by atoms with Gasteiger partial charge in [0.25, 0.3) is 10.0 Å². The minimum atomic E-state index is -4.09. The zero-order chi connectivity index (χ0) is 17.2. The number of nitrogens with one attached hydrogen (secondary N) is 1. The predicted octanol–water partition coefficient (Wildman–Crippen LogP) is 3.10. The van der Waals surface area contributed by atoms with Crippen LogP contribution in [-0.4, -0.2) is 26.6 Å². The first kappa shape index (κ1) is 17.2. The van der Waals surface area contributed by atoms with Crippen molar-refractivity contribution < 1.29 is 27.4 Å². The summed E-state index contributed by atoms with van der Waals surface area (Å²) in [7, 11) is -2.66. The molecule has 0 aliphatic rings. The molecule has 0 aromatic heterocycles. The van der Waals surface area contributed by atoms with Crippen molar-refractivity contribution in [2.24, 2.45) is 0 Å². The van der Waals surface area contributed by atoms with E-state index in [0.717, 1.165) is 18.2 Å². The van der Waals surface area contributed by atoms with Crippen LogP contribution in [-0.2, 0) is 10.0 Å². The van der Waals surface area contributed by atoms with Crippen molar-refractivity contribution in [3.8, 4) is 5.75 Å². The van der Waals surface area contributed by atoms with Crippen molar-refractivity contribution in [3.63, 3.8) is 0 Å². The third-order valence-electron chi connectivity index (χ3n) is 2.89. The number of ether oxygens (including phenoxy) is 1. The van der Waals surface area contributed by atoms with Crippen LogP contribution >= 0.6 is 15.9 Å². The van der Waals surface area contributed by atoms with E-state index in [4.69, 9.17) is 9.84 Å². The van der Waals surface area contributed by atoms with Crippen molar-refractivity contribution in [1.29, 1.82) is 0 Å². The fraction of sp³-hybridized carbons (Fsp3) is 0.0714. The number of aromatic carboxylic acids is 1. The molecule has 9 heteroatoms. The third-order valence-corrected chi connectivity index (χ3v) is 4.87. The largest absolute Gasteiger partial charge is 0.496 e. The van der Waals surface area contributed by atoms with Gasteiger partial charge in [0.2, 0.25) is 0 Å². The van der Waals surface area contributed by atoms with Gasteiger partial charge in [0.1, 0.15) is 11.6 Å². The van der Waals surface area contributed by atoms with E-state index in [-0.39, 0.29) is 10.5 Å². The SMILES string of the molecule is COc1ccc(S(=O)(=O)Nc2cc(C(=O)O)ccc2F)cc1Br. The van der Waals surface area contributed by atoms with Crippen LogP contribution in [0.5, 0.6) is 5.75 Å². The van der Waals surface area contributed by atoms with Gasteiger partial charge in [-0.05, 0) is 52.3 Å². The van der Waals surface area contributed by atoms with E-state index in [2.05, 4.69) is 15.9 Å². The number of carbonyl (C=O) groups is 1. The molecule has 0 radical (unpaired) electrons. The first-order chi connectivity index (χ1) is 10.7. The second kappa shape index (κ2) is 6.55. The van der Waals surface area contributed by atoms with E-state index in [9.17, 15) is 17.6 Å². The number of hydrogen-bond acceptors (Lipinski definition) is 4. The molecular weight excluding hydrogens is 393 g/mol. The Morgan fingerprint density at radius 1 is 1.26 bits per heavy atom. The number of rotatable bonds is 5. The van der Waals surface area contributed by atoms with Crippen LogP contribution in [0.2, 0.25) is 0 Å². The molecule has 6 nitrogen and oxygen atoms in total. The number of hydrogen-bond donors (Lipinski definition) is 2. The summed E-state index contributed by atoms with van der Waals surface area (Å²) in [4.78, 5) is 10.8. The smallest absolute Gasteiger partial charge is 0.335 e. The zero-order valence-corrected chi connectivity index (χ0v) is 14.1. The number of carboxylic acid groups (broad SMARTS) is 1. The topological polar surface area (TPSA) is 92.7 Å². The van der Waals surface area contributed by atoms with E-state index < -0.39 is 27.5 Å². The fourth-order valence-electron chi connectivity index (χ4n) is 1.75. The number of halogens is 2. The highest BCUT2D eigenvalue weighted by molar-refractivity contribution is 9.10. The Morgan fingerprint density at radius 3 is 2.52 bits per heavy atom. The van der Waals surface area contributed by atoms with E-state index in [1.165, 1.54) is 25.3 Å². The quantitative estimate of drug-likeness (QED) is 0.799. The lowest BCUT2D eigenvalue weighted by atomic mass is 10.2. The van der Waals surface area contributed by atoms with Crippen LogP contribution in [0.3, 0.4) is 0 Å². The highest BCUT2D eigenvalue weighted by atomic mass is 79.9. The Kier molecular flexibility index (Phi) is 4.90. The molecule has 0 saturated carbocycles. The monoisotopic (exact) mass is 403 g/mol. The standard InChI is InChI=1S/C14H11BrFNO5S/c1-22-13-5-3-9(7-10(13)15)23(20,21)17-12-6-8(14(18)19)2-4-11(12)16/h2-7,17H,1H3,(H,18,19). The van der Waals surface area contributed by atoms with Gasteiger partial charge in [0.15, 0.2) is 0 Å². The van der Waals surface area contributed by atoms with Gasteiger partial charge in [0.05, 0.1) is 27.7 Å². The first-order valence-electron chi connectivity index (χ1n) is 6.14.